The van der Waals surface area contributed by atoms with Crippen LogP contribution in [0.4, 0.5) is 0 Å². The summed E-state index contributed by atoms with van der Waals surface area (Å²) in [4.78, 5) is 15.1. The molecule has 130 valence electrons. The number of aromatic nitrogens is 3. The number of amides is 1. The van der Waals surface area contributed by atoms with E-state index >= 15 is 0 Å². The molecule has 0 aliphatic heterocycles. The van der Waals surface area contributed by atoms with E-state index in [1.54, 1.807) is 18.3 Å². The molecule has 0 saturated carbocycles. The summed E-state index contributed by atoms with van der Waals surface area (Å²) in [5, 5.41) is 8.83. The first kappa shape index (κ1) is 18.0. The number of aryl methyl sites for hydroxylation is 1. The lowest BCUT2D eigenvalue weighted by atomic mass is 10.2. The summed E-state index contributed by atoms with van der Waals surface area (Å²) in [6, 6.07) is 11.8. The van der Waals surface area contributed by atoms with E-state index in [0.29, 0.717) is 17.5 Å². The van der Waals surface area contributed by atoms with Crippen molar-refractivity contribution < 1.29 is 4.79 Å². The van der Waals surface area contributed by atoms with Crippen molar-refractivity contribution in [2.75, 3.05) is 12.8 Å². The van der Waals surface area contributed by atoms with Gasteiger partial charge >= 0.3 is 0 Å². The van der Waals surface area contributed by atoms with Gasteiger partial charge in [0.1, 0.15) is 6.33 Å². The fraction of sp³-hybridized carbons (Fsp3) is 0.235. The summed E-state index contributed by atoms with van der Waals surface area (Å²) in [5.41, 5.74) is 2.14. The zero-order chi connectivity index (χ0) is 17.8. The highest BCUT2D eigenvalue weighted by Crippen LogP contribution is 2.24. The van der Waals surface area contributed by atoms with Crippen LogP contribution in [0.1, 0.15) is 10.4 Å². The van der Waals surface area contributed by atoms with Gasteiger partial charge in [0.05, 0.1) is 22.3 Å². The quantitative estimate of drug-likeness (QED) is 0.594. The third-order valence-electron chi connectivity index (χ3n) is 3.66. The number of thioether (sulfide) groups is 1. The normalized spacial score (nSPS) is 10.8. The molecule has 0 saturated heterocycles. The average Bonchev–Trinajstić information content (AvgIpc) is 3.22. The first-order chi connectivity index (χ1) is 12.0. The van der Waals surface area contributed by atoms with Gasteiger partial charge in [0, 0.05) is 11.9 Å². The number of carbonyl (C=O) groups is 1. The van der Waals surface area contributed by atoms with Crippen molar-refractivity contribution in [3.63, 3.8) is 0 Å². The summed E-state index contributed by atoms with van der Waals surface area (Å²) >= 11 is 8.81. The number of nitrogens with zero attached hydrogens (tertiary/aromatic N) is 4. The maximum absolute atomic E-state index is 12.4. The third kappa shape index (κ3) is 4.42. The summed E-state index contributed by atoms with van der Waals surface area (Å²) < 4.78 is 2.64. The van der Waals surface area contributed by atoms with Gasteiger partial charge in [0.25, 0.3) is 0 Å². The molecule has 2 heterocycles. The van der Waals surface area contributed by atoms with E-state index in [2.05, 4.69) is 10.2 Å². The van der Waals surface area contributed by atoms with Gasteiger partial charge in [-0.3, -0.25) is 9.36 Å². The van der Waals surface area contributed by atoms with Crippen LogP contribution >= 0.6 is 34.7 Å². The van der Waals surface area contributed by atoms with Crippen LogP contribution in [0.15, 0.2) is 47.9 Å². The second-order valence-electron chi connectivity index (χ2n) is 5.51. The van der Waals surface area contributed by atoms with Crippen molar-refractivity contribution in [2.45, 2.75) is 18.6 Å². The Kier molecular flexibility index (Phi) is 5.78. The highest BCUT2D eigenvalue weighted by Gasteiger charge is 2.14. The van der Waals surface area contributed by atoms with E-state index in [9.17, 15) is 4.79 Å². The molecule has 3 aromatic rings. The summed E-state index contributed by atoms with van der Waals surface area (Å²) in [5.74, 6) is 0.342. The zero-order valence-corrected chi connectivity index (χ0v) is 16.2. The number of thiophene rings is 1. The van der Waals surface area contributed by atoms with Gasteiger partial charge in [-0.25, -0.2) is 0 Å². The van der Waals surface area contributed by atoms with Crippen molar-refractivity contribution in [3.05, 3.63) is 57.5 Å². The molecule has 0 spiro atoms. The van der Waals surface area contributed by atoms with E-state index in [-0.39, 0.29) is 5.91 Å². The molecule has 0 atom stereocenters. The maximum atomic E-state index is 12.4. The number of benzene rings is 1. The summed E-state index contributed by atoms with van der Waals surface area (Å²) in [7, 11) is 1.79. The van der Waals surface area contributed by atoms with Crippen LogP contribution in [-0.4, -0.2) is 38.4 Å². The molecule has 8 heteroatoms. The van der Waals surface area contributed by atoms with Crippen LogP contribution in [0.5, 0.6) is 0 Å². The number of rotatable bonds is 6. The van der Waals surface area contributed by atoms with Crippen LogP contribution < -0.4 is 0 Å². The Morgan fingerprint density at radius 1 is 1.32 bits per heavy atom. The van der Waals surface area contributed by atoms with E-state index in [0.717, 1.165) is 20.5 Å². The molecule has 2 aromatic heterocycles. The van der Waals surface area contributed by atoms with E-state index in [4.69, 9.17) is 11.6 Å². The van der Waals surface area contributed by atoms with Gasteiger partial charge in [0.2, 0.25) is 5.91 Å². The molecule has 5 nitrogen and oxygen atoms in total. The second-order valence-corrected chi connectivity index (χ2v) is 8.26. The number of para-hydroxylation sites is 1. The molecule has 0 N–H and O–H groups in total. The number of halogens is 1. The molecule has 1 amide bonds. The molecule has 1 aromatic carbocycles. The Balaban J connectivity index is 1.63. The topological polar surface area (TPSA) is 51.0 Å². The zero-order valence-electron chi connectivity index (χ0n) is 13.8. The van der Waals surface area contributed by atoms with Crippen molar-refractivity contribution in [3.8, 4) is 5.69 Å². The van der Waals surface area contributed by atoms with Crippen LogP contribution in [0, 0.1) is 6.92 Å². The lowest BCUT2D eigenvalue weighted by Crippen LogP contribution is -2.27. The summed E-state index contributed by atoms with van der Waals surface area (Å²) in [6.45, 7) is 2.59. The molecule has 0 aliphatic rings. The molecular formula is C17H17ClN4OS2. The Labute approximate surface area is 159 Å². The molecule has 0 bridgehead atoms. The van der Waals surface area contributed by atoms with Crippen LogP contribution in [0.25, 0.3) is 5.69 Å². The molecule has 0 radical (unpaired) electrons. The monoisotopic (exact) mass is 392 g/mol. The first-order valence-electron chi connectivity index (χ1n) is 7.61. The molecular weight excluding hydrogens is 376 g/mol. The van der Waals surface area contributed by atoms with Crippen molar-refractivity contribution in [1.82, 2.24) is 19.7 Å². The van der Waals surface area contributed by atoms with Crippen molar-refractivity contribution >= 4 is 40.6 Å². The predicted molar refractivity (Wildman–Crippen MR) is 103 cm³/mol. The Morgan fingerprint density at radius 2 is 2.12 bits per heavy atom. The van der Waals surface area contributed by atoms with Gasteiger partial charge in [-0.1, -0.05) is 41.6 Å². The maximum Gasteiger partial charge on any atom is 0.233 e. The Bertz CT molecular complexity index is 877. The minimum atomic E-state index is 0.0360. The Hall–Kier alpha value is -1.83. The fourth-order valence-electron chi connectivity index (χ4n) is 2.32. The second kappa shape index (κ2) is 8.03. The molecule has 25 heavy (non-hydrogen) atoms. The number of carbonyl (C=O) groups excluding carboxylic acids is 1. The van der Waals surface area contributed by atoms with Crippen molar-refractivity contribution in [1.29, 1.82) is 0 Å². The first-order valence-corrected chi connectivity index (χ1v) is 9.79. The molecule has 3 rings (SSSR count). The molecule has 0 unspecified atom stereocenters. The SMILES string of the molecule is Cc1ccccc1-n1cnnc1SCC(=O)N(C)Cc1ccc(Cl)s1. The van der Waals surface area contributed by atoms with Crippen molar-refractivity contribution in [2.24, 2.45) is 0 Å². The standard InChI is InChI=1S/C17H17ClN4OS2/c1-12-5-3-4-6-14(12)22-11-19-20-17(22)24-10-16(23)21(2)9-13-7-8-15(18)25-13/h3-8,11H,9-10H2,1-2H3. The largest absolute Gasteiger partial charge is 0.340 e. The predicted octanol–water partition coefficient (Wildman–Crippen LogP) is 4.04. The van der Waals surface area contributed by atoms with Gasteiger partial charge in [-0.05, 0) is 30.7 Å². The minimum absolute atomic E-state index is 0.0360. The lowest BCUT2D eigenvalue weighted by Gasteiger charge is -2.16. The Morgan fingerprint density at radius 3 is 2.84 bits per heavy atom. The molecule has 0 fully saturated rings. The van der Waals surface area contributed by atoms with Crippen LogP contribution in [-0.2, 0) is 11.3 Å². The fourth-order valence-corrected chi connectivity index (χ4v) is 4.32. The highest BCUT2D eigenvalue weighted by molar-refractivity contribution is 7.99. The molecule has 0 aliphatic carbocycles. The number of hydrogen-bond donors (Lipinski definition) is 0. The summed E-state index contributed by atoms with van der Waals surface area (Å²) in [6.07, 6.45) is 1.67. The number of hydrogen-bond acceptors (Lipinski definition) is 5. The lowest BCUT2D eigenvalue weighted by molar-refractivity contribution is -0.127. The average molecular weight is 393 g/mol. The van der Waals surface area contributed by atoms with Gasteiger partial charge < -0.3 is 4.90 Å². The third-order valence-corrected chi connectivity index (χ3v) is 5.81. The smallest absolute Gasteiger partial charge is 0.233 e. The van der Waals surface area contributed by atoms with Gasteiger partial charge in [0.15, 0.2) is 5.16 Å². The van der Waals surface area contributed by atoms with E-state index in [1.807, 2.05) is 47.9 Å². The van der Waals surface area contributed by atoms with Crippen LogP contribution in [0.2, 0.25) is 4.34 Å². The van der Waals surface area contributed by atoms with Gasteiger partial charge in [-0.2, -0.15) is 0 Å². The van der Waals surface area contributed by atoms with Gasteiger partial charge in [-0.15, -0.1) is 21.5 Å². The highest BCUT2D eigenvalue weighted by atomic mass is 35.5. The van der Waals surface area contributed by atoms with E-state index < -0.39 is 0 Å². The van der Waals surface area contributed by atoms with E-state index in [1.165, 1.54) is 23.1 Å². The van der Waals surface area contributed by atoms with Crippen LogP contribution in [0.3, 0.4) is 0 Å². The minimum Gasteiger partial charge on any atom is -0.340 e.